The summed E-state index contributed by atoms with van der Waals surface area (Å²) >= 11 is 0. The number of piperazine rings is 1. The number of nitrogens with zero attached hydrogens (tertiary/aromatic N) is 2. The molecule has 1 aromatic heterocycles. The average molecular weight is 488 g/mol. The first-order chi connectivity index (χ1) is 16.7. The number of carboxylic acid groups (broad SMARTS) is 1. The van der Waals surface area contributed by atoms with Gasteiger partial charge in [-0.3, -0.25) is 19.2 Å². The Kier molecular flexibility index (Phi) is 7.94. The number of hydrogen-bond acceptors (Lipinski definition) is 7. The van der Waals surface area contributed by atoms with Crippen molar-refractivity contribution in [3.63, 3.8) is 0 Å². The molecular formula is C23H28N4O8. The third kappa shape index (κ3) is 5.36. The van der Waals surface area contributed by atoms with Crippen LogP contribution in [0.2, 0.25) is 0 Å². The number of fused-ring (bicyclic) bond motifs is 1. The number of para-hydroxylation sites is 1. The topological polar surface area (TPSA) is 172 Å². The molecule has 0 radical (unpaired) electrons. The molecule has 3 rings (SSSR count). The molecule has 3 amide bonds. The fourth-order valence-electron chi connectivity index (χ4n) is 4.18. The Bertz CT molecular complexity index is 1200. The van der Waals surface area contributed by atoms with Crippen LogP contribution >= 0.6 is 0 Å². The van der Waals surface area contributed by atoms with Gasteiger partial charge >= 0.3 is 12.1 Å². The number of hydrogen-bond donors (Lipinski definition) is 3. The number of carbonyl (C=O) groups is 4. The van der Waals surface area contributed by atoms with Crippen LogP contribution in [0.3, 0.4) is 0 Å². The fourth-order valence-corrected chi connectivity index (χ4v) is 4.18. The zero-order valence-corrected chi connectivity index (χ0v) is 19.5. The number of amides is 3. The zero-order valence-electron chi connectivity index (χ0n) is 19.5. The number of H-pyrrole nitrogens is 1. The first-order valence-electron chi connectivity index (χ1n) is 11.1. The number of carbonyl (C=O) groups excluding carboxylic acids is 3. The molecule has 12 heteroatoms. The van der Waals surface area contributed by atoms with E-state index in [1.165, 1.54) is 23.0 Å². The van der Waals surface area contributed by atoms with Gasteiger partial charge in [0.2, 0.25) is 11.3 Å². The summed E-state index contributed by atoms with van der Waals surface area (Å²) in [5.74, 6) is -3.52. The van der Waals surface area contributed by atoms with Crippen LogP contribution in [0.25, 0.3) is 10.9 Å². The lowest BCUT2D eigenvalue weighted by Gasteiger charge is -2.36. The Morgan fingerprint density at radius 3 is 2.37 bits per heavy atom. The highest BCUT2D eigenvalue weighted by Gasteiger charge is 2.34. The van der Waals surface area contributed by atoms with Gasteiger partial charge in [-0.2, -0.15) is 0 Å². The van der Waals surface area contributed by atoms with Crippen LogP contribution in [0.4, 0.5) is 4.79 Å². The number of aliphatic carboxylic acids is 1. The predicted octanol–water partition coefficient (Wildman–Crippen LogP) is 0.885. The van der Waals surface area contributed by atoms with E-state index in [4.69, 9.17) is 15.2 Å². The molecule has 1 aliphatic heterocycles. The van der Waals surface area contributed by atoms with Crippen molar-refractivity contribution in [2.75, 3.05) is 39.9 Å². The summed E-state index contributed by atoms with van der Waals surface area (Å²) in [7, 11) is 1.41. The van der Waals surface area contributed by atoms with E-state index in [9.17, 15) is 29.1 Å². The predicted molar refractivity (Wildman–Crippen MR) is 124 cm³/mol. The lowest BCUT2D eigenvalue weighted by Crippen LogP contribution is -2.52. The van der Waals surface area contributed by atoms with E-state index >= 15 is 0 Å². The van der Waals surface area contributed by atoms with Crippen LogP contribution in [-0.2, 0) is 14.3 Å². The summed E-state index contributed by atoms with van der Waals surface area (Å²) in [6.07, 6.45) is -1.05. The number of nitrogens with one attached hydrogen (secondary N) is 1. The maximum Gasteiger partial charge on any atom is 0.409 e. The van der Waals surface area contributed by atoms with Crippen LogP contribution in [0.1, 0.15) is 41.7 Å². The molecule has 0 aliphatic carbocycles. The monoisotopic (exact) mass is 488 g/mol. The zero-order chi connectivity index (χ0) is 25.7. The second-order valence-corrected chi connectivity index (χ2v) is 7.99. The Labute approximate surface area is 200 Å². The summed E-state index contributed by atoms with van der Waals surface area (Å²) in [4.78, 5) is 68.4. The van der Waals surface area contributed by atoms with Crippen LogP contribution in [0.15, 0.2) is 23.0 Å². The van der Waals surface area contributed by atoms with Crippen LogP contribution in [0, 0.1) is 0 Å². The molecule has 2 heterocycles. The Balaban J connectivity index is 2.05. The molecule has 0 saturated carbocycles. The van der Waals surface area contributed by atoms with Crippen molar-refractivity contribution in [3.05, 3.63) is 39.7 Å². The molecular weight excluding hydrogens is 460 g/mol. The molecule has 0 bridgehead atoms. The Morgan fingerprint density at radius 2 is 1.80 bits per heavy atom. The van der Waals surface area contributed by atoms with Gasteiger partial charge < -0.3 is 35.1 Å². The molecule has 1 aromatic carbocycles. The molecule has 0 spiro atoms. The van der Waals surface area contributed by atoms with Gasteiger partial charge in [0.05, 0.1) is 30.5 Å². The molecule has 12 nitrogen and oxygen atoms in total. The SMILES string of the molecule is CCOC(=O)N1CCN(C(=O)C(CCC(=O)O)c2[nH]c3c(OC)cccc3c(=O)c2C(N)=O)CC1. The summed E-state index contributed by atoms with van der Waals surface area (Å²) < 4.78 is 10.3. The minimum absolute atomic E-state index is 0.0569. The second-order valence-electron chi connectivity index (χ2n) is 7.99. The summed E-state index contributed by atoms with van der Waals surface area (Å²) in [5, 5.41) is 9.42. The number of pyridine rings is 1. The summed E-state index contributed by atoms with van der Waals surface area (Å²) in [5.41, 5.74) is 4.66. The van der Waals surface area contributed by atoms with Crippen molar-refractivity contribution >= 4 is 34.8 Å². The van der Waals surface area contributed by atoms with Crippen molar-refractivity contribution in [2.45, 2.75) is 25.7 Å². The minimum atomic E-state index is -1.16. The van der Waals surface area contributed by atoms with Crippen molar-refractivity contribution in [2.24, 2.45) is 5.73 Å². The van der Waals surface area contributed by atoms with E-state index in [1.54, 1.807) is 19.1 Å². The molecule has 1 unspecified atom stereocenters. The van der Waals surface area contributed by atoms with E-state index in [2.05, 4.69) is 4.98 Å². The van der Waals surface area contributed by atoms with Gasteiger partial charge in [0, 0.05) is 38.3 Å². The van der Waals surface area contributed by atoms with Crippen LogP contribution in [0.5, 0.6) is 5.75 Å². The molecule has 1 atom stereocenters. The minimum Gasteiger partial charge on any atom is -0.495 e. The number of aromatic nitrogens is 1. The van der Waals surface area contributed by atoms with E-state index in [0.717, 1.165) is 0 Å². The van der Waals surface area contributed by atoms with Crippen molar-refractivity contribution in [1.29, 1.82) is 0 Å². The number of nitrogens with two attached hydrogens (primary N) is 1. The number of ether oxygens (including phenoxy) is 2. The van der Waals surface area contributed by atoms with Gasteiger partial charge in [-0.25, -0.2) is 4.79 Å². The quantitative estimate of drug-likeness (QED) is 0.491. The van der Waals surface area contributed by atoms with Gasteiger partial charge in [-0.1, -0.05) is 6.07 Å². The van der Waals surface area contributed by atoms with E-state index in [1.807, 2.05) is 0 Å². The van der Waals surface area contributed by atoms with Crippen molar-refractivity contribution in [1.82, 2.24) is 14.8 Å². The lowest BCUT2D eigenvalue weighted by molar-refractivity contribution is -0.138. The molecule has 2 aromatic rings. The normalized spacial score (nSPS) is 14.5. The number of rotatable bonds is 8. The molecule has 1 saturated heterocycles. The highest BCUT2D eigenvalue weighted by Crippen LogP contribution is 2.29. The molecule has 1 fully saturated rings. The largest absolute Gasteiger partial charge is 0.495 e. The second kappa shape index (κ2) is 10.9. The number of primary amides is 1. The first kappa shape index (κ1) is 25.5. The van der Waals surface area contributed by atoms with Crippen LogP contribution in [-0.4, -0.2) is 83.7 Å². The van der Waals surface area contributed by atoms with E-state index in [0.29, 0.717) is 5.75 Å². The number of carboxylic acids is 1. The maximum atomic E-state index is 13.6. The highest BCUT2D eigenvalue weighted by molar-refractivity contribution is 6.00. The fraction of sp³-hybridized carbons (Fsp3) is 0.435. The third-order valence-corrected chi connectivity index (χ3v) is 5.90. The van der Waals surface area contributed by atoms with E-state index in [-0.39, 0.29) is 62.2 Å². The van der Waals surface area contributed by atoms with Gasteiger partial charge in [0.25, 0.3) is 5.91 Å². The van der Waals surface area contributed by atoms with Crippen molar-refractivity contribution in [3.8, 4) is 5.75 Å². The number of aromatic amines is 1. The molecule has 4 N–H and O–H groups in total. The lowest BCUT2D eigenvalue weighted by atomic mass is 9.91. The van der Waals surface area contributed by atoms with Gasteiger partial charge in [0.1, 0.15) is 11.3 Å². The molecule has 188 valence electrons. The van der Waals surface area contributed by atoms with Gasteiger partial charge in [-0.05, 0) is 25.5 Å². The number of benzene rings is 1. The van der Waals surface area contributed by atoms with Crippen molar-refractivity contribution < 1.29 is 33.8 Å². The van der Waals surface area contributed by atoms with Gasteiger partial charge in [-0.15, -0.1) is 0 Å². The summed E-state index contributed by atoms with van der Waals surface area (Å²) in [6, 6.07) is 4.68. The third-order valence-electron chi connectivity index (χ3n) is 5.90. The Morgan fingerprint density at radius 1 is 1.14 bits per heavy atom. The number of methoxy groups -OCH3 is 1. The highest BCUT2D eigenvalue weighted by atomic mass is 16.6. The first-order valence-corrected chi connectivity index (χ1v) is 11.1. The van der Waals surface area contributed by atoms with E-state index < -0.39 is 40.8 Å². The Hall–Kier alpha value is -4.09. The molecule has 1 aliphatic rings. The van der Waals surface area contributed by atoms with Gasteiger partial charge in [0.15, 0.2) is 0 Å². The smallest absolute Gasteiger partial charge is 0.409 e. The standard InChI is InChI=1S/C23H28N4O8/c1-3-35-23(33)27-11-9-26(10-12-27)22(32)14(7-8-16(28)29)19-17(21(24)31)20(30)13-5-4-6-15(34-2)18(13)25-19/h4-6,14H,3,7-12H2,1-2H3,(H2,24,31)(H,25,30)(H,28,29). The molecule has 35 heavy (non-hydrogen) atoms. The average Bonchev–Trinajstić information content (AvgIpc) is 2.83. The maximum absolute atomic E-state index is 13.6. The van der Waals surface area contributed by atoms with Crippen LogP contribution < -0.4 is 15.9 Å². The summed E-state index contributed by atoms with van der Waals surface area (Å²) in [6.45, 7) is 2.72.